The molecule has 0 aliphatic carbocycles. The van der Waals surface area contributed by atoms with Crippen LogP contribution in [0.4, 0.5) is 0 Å². The van der Waals surface area contributed by atoms with E-state index in [4.69, 9.17) is 0 Å². The van der Waals surface area contributed by atoms with Gasteiger partial charge in [-0.05, 0) is 29.5 Å². The summed E-state index contributed by atoms with van der Waals surface area (Å²) < 4.78 is 0. The van der Waals surface area contributed by atoms with Crippen molar-refractivity contribution in [1.82, 2.24) is 4.98 Å². The number of aromatic nitrogens is 1. The van der Waals surface area contributed by atoms with E-state index in [2.05, 4.69) is 78.6 Å². The fraction of sp³-hybridized carbons (Fsp3) is 0.292. The molecule has 132 valence electrons. The largest absolute Gasteiger partial charge is 0.261 e. The standard InChI is InChI=1S/C20H19N.2C2H6/c1-16(17-8-4-2-5-9-17)14-20-13-12-19(15-21-20)18-10-6-3-7-11-18;2*1-2/h2-13,15-16H,14H2,1H3;2*1-2H3. The lowest BCUT2D eigenvalue weighted by Gasteiger charge is -2.11. The van der Waals surface area contributed by atoms with Crippen LogP contribution in [0.15, 0.2) is 79.0 Å². The van der Waals surface area contributed by atoms with Crippen molar-refractivity contribution in [3.8, 4) is 11.1 Å². The Labute approximate surface area is 153 Å². The number of benzene rings is 2. The first-order chi connectivity index (χ1) is 12.3. The smallest absolute Gasteiger partial charge is 0.0410 e. The van der Waals surface area contributed by atoms with E-state index in [-0.39, 0.29) is 0 Å². The van der Waals surface area contributed by atoms with Crippen LogP contribution in [0.3, 0.4) is 0 Å². The summed E-state index contributed by atoms with van der Waals surface area (Å²) in [6.07, 6.45) is 2.95. The lowest BCUT2D eigenvalue weighted by Crippen LogP contribution is -2.00. The molecule has 1 atom stereocenters. The third-order valence-corrected chi connectivity index (χ3v) is 3.82. The molecular weight excluding hydrogens is 302 g/mol. The van der Waals surface area contributed by atoms with Crippen molar-refractivity contribution < 1.29 is 0 Å². The SMILES string of the molecule is CC.CC.CC(Cc1ccc(-c2ccccc2)cn1)c1ccccc1. The number of rotatable bonds is 4. The second-order valence-corrected chi connectivity index (χ2v) is 5.42. The number of hydrogen-bond acceptors (Lipinski definition) is 1. The Kier molecular flexibility index (Phi) is 9.92. The van der Waals surface area contributed by atoms with Crippen molar-refractivity contribution in [2.24, 2.45) is 0 Å². The van der Waals surface area contributed by atoms with Crippen molar-refractivity contribution in [3.63, 3.8) is 0 Å². The molecule has 2 aromatic carbocycles. The van der Waals surface area contributed by atoms with Crippen LogP contribution in [0.1, 0.15) is 51.8 Å². The van der Waals surface area contributed by atoms with Gasteiger partial charge >= 0.3 is 0 Å². The van der Waals surface area contributed by atoms with E-state index in [0.29, 0.717) is 5.92 Å². The minimum Gasteiger partial charge on any atom is -0.261 e. The van der Waals surface area contributed by atoms with Crippen LogP contribution in [0.2, 0.25) is 0 Å². The molecular formula is C24H31N. The molecule has 3 aromatic rings. The quantitative estimate of drug-likeness (QED) is 0.494. The van der Waals surface area contributed by atoms with Gasteiger partial charge in [-0.1, -0.05) is 101 Å². The molecule has 0 saturated heterocycles. The third kappa shape index (κ3) is 6.54. The molecule has 0 aliphatic rings. The molecule has 1 aromatic heterocycles. The summed E-state index contributed by atoms with van der Waals surface area (Å²) in [5.41, 5.74) is 4.90. The summed E-state index contributed by atoms with van der Waals surface area (Å²) in [7, 11) is 0. The summed E-state index contributed by atoms with van der Waals surface area (Å²) in [6, 6.07) is 25.3. The van der Waals surface area contributed by atoms with Crippen LogP contribution >= 0.6 is 0 Å². The molecule has 1 heterocycles. The minimum absolute atomic E-state index is 0.487. The maximum atomic E-state index is 4.62. The zero-order chi connectivity index (χ0) is 18.5. The van der Waals surface area contributed by atoms with Crippen molar-refractivity contribution in [3.05, 3.63) is 90.3 Å². The van der Waals surface area contributed by atoms with Crippen molar-refractivity contribution in [2.45, 2.75) is 47.0 Å². The molecule has 0 radical (unpaired) electrons. The maximum Gasteiger partial charge on any atom is 0.0410 e. The van der Waals surface area contributed by atoms with E-state index in [0.717, 1.165) is 12.1 Å². The average Bonchev–Trinajstić information content (AvgIpc) is 2.73. The molecule has 3 rings (SSSR count). The average molecular weight is 334 g/mol. The van der Waals surface area contributed by atoms with E-state index < -0.39 is 0 Å². The Hall–Kier alpha value is -2.41. The lowest BCUT2D eigenvalue weighted by atomic mass is 9.96. The Morgan fingerprint density at radius 2 is 1.24 bits per heavy atom. The van der Waals surface area contributed by atoms with E-state index in [1.165, 1.54) is 16.7 Å². The molecule has 0 bridgehead atoms. The van der Waals surface area contributed by atoms with Gasteiger partial charge in [0, 0.05) is 17.5 Å². The van der Waals surface area contributed by atoms with Crippen molar-refractivity contribution >= 4 is 0 Å². The predicted octanol–water partition coefficient (Wildman–Crippen LogP) is 7.15. The Bertz CT molecular complexity index is 672. The van der Waals surface area contributed by atoms with Gasteiger partial charge in [0.05, 0.1) is 0 Å². The van der Waals surface area contributed by atoms with Gasteiger partial charge in [-0.25, -0.2) is 0 Å². The molecule has 1 unspecified atom stereocenters. The van der Waals surface area contributed by atoms with Gasteiger partial charge in [-0.2, -0.15) is 0 Å². The topological polar surface area (TPSA) is 12.9 Å². The summed E-state index contributed by atoms with van der Waals surface area (Å²) in [6.45, 7) is 10.3. The highest BCUT2D eigenvalue weighted by atomic mass is 14.7. The monoisotopic (exact) mass is 333 g/mol. The molecule has 25 heavy (non-hydrogen) atoms. The van der Waals surface area contributed by atoms with E-state index in [1.54, 1.807) is 0 Å². The zero-order valence-electron chi connectivity index (χ0n) is 16.2. The fourth-order valence-corrected chi connectivity index (χ4v) is 2.56. The number of pyridine rings is 1. The first kappa shape index (κ1) is 20.6. The van der Waals surface area contributed by atoms with E-state index in [1.807, 2.05) is 40.0 Å². The Balaban J connectivity index is 0.000000730. The van der Waals surface area contributed by atoms with E-state index in [9.17, 15) is 0 Å². The van der Waals surface area contributed by atoms with Gasteiger partial charge < -0.3 is 0 Å². The van der Waals surface area contributed by atoms with E-state index >= 15 is 0 Å². The molecule has 1 nitrogen and oxygen atoms in total. The summed E-state index contributed by atoms with van der Waals surface area (Å²) in [5.74, 6) is 0.487. The highest BCUT2D eigenvalue weighted by molar-refractivity contribution is 5.62. The molecule has 0 aliphatic heterocycles. The highest BCUT2D eigenvalue weighted by Gasteiger charge is 2.07. The van der Waals surface area contributed by atoms with Gasteiger partial charge in [0.1, 0.15) is 0 Å². The van der Waals surface area contributed by atoms with Crippen molar-refractivity contribution in [2.75, 3.05) is 0 Å². The third-order valence-electron chi connectivity index (χ3n) is 3.82. The van der Waals surface area contributed by atoms with Gasteiger partial charge in [0.25, 0.3) is 0 Å². The molecule has 0 spiro atoms. The van der Waals surface area contributed by atoms with Crippen LogP contribution < -0.4 is 0 Å². The highest BCUT2D eigenvalue weighted by Crippen LogP contribution is 2.21. The van der Waals surface area contributed by atoms with Gasteiger partial charge in [-0.3, -0.25) is 4.98 Å². The summed E-state index contributed by atoms with van der Waals surface area (Å²) >= 11 is 0. The maximum absolute atomic E-state index is 4.62. The van der Waals surface area contributed by atoms with Crippen LogP contribution in [-0.4, -0.2) is 4.98 Å². The van der Waals surface area contributed by atoms with Crippen LogP contribution in [-0.2, 0) is 6.42 Å². The van der Waals surface area contributed by atoms with Crippen molar-refractivity contribution in [1.29, 1.82) is 0 Å². The van der Waals surface area contributed by atoms with Gasteiger partial charge in [0.2, 0.25) is 0 Å². The molecule has 0 fully saturated rings. The van der Waals surface area contributed by atoms with Crippen LogP contribution in [0.5, 0.6) is 0 Å². The second kappa shape index (κ2) is 12.0. The Morgan fingerprint density at radius 1 is 0.680 bits per heavy atom. The van der Waals surface area contributed by atoms with Gasteiger partial charge in [0.15, 0.2) is 0 Å². The molecule has 1 heteroatoms. The molecule has 0 N–H and O–H groups in total. The Morgan fingerprint density at radius 3 is 1.76 bits per heavy atom. The minimum atomic E-state index is 0.487. The first-order valence-electron chi connectivity index (χ1n) is 9.38. The van der Waals surface area contributed by atoms with Crippen LogP contribution in [0, 0.1) is 0 Å². The number of hydrogen-bond donors (Lipinski definition) is 0. The normalized spacial score (nSPS) is 10.6. The predicted molar refractivity (Wildman–Crippen MR) is 111 cm³/mol. The molecule has 0 saturated carbocycles. The summed E-state index contributed by atoms with van der Waals surface area (Å²) in [5, 5.41) is 0. The second-order valence-electron chi connectivity index (χ2n) is 5.42. The lowest BCUT2D eigenvalue weighted by molar-refractivity contribution is 0.741. The zero-order valence-corrected chi connectivity index (χ0v) is 16.2. The van der Waals surface area contributed by atoms with Crippen LogP contribution in [0.25, 0.3) is 11.1 Å². The summed E-state index contributed by atoms with van der Waals surface area (Å²) in [4.78, 5) is 4.62. The first-order valence-corrected chi connectivity index (χ1v) is 9.38. The number of nitrogens with zero attached hydrogens (tertiary/aromatic N) is 1. The van der Waals surface area contributed by atoms with Gasteiger partial charge in [-0.15, -0.1) is 0 Å². The molecule has 0 amide bonds. The fourth-order valence-electron chi connectivity index (χ4n) is 2.56.